The van der Waals surface area contributed by atoms with Gasteiger partial charge in [0.15, 0.2) is 5.78 Å². The molecule has 0 amide bonds. The van der Waals surface area contributed by atoms with E-state index in [9.17, 15) is 9.59 Å². The zero-order chi connectivity index (χ0) is 11.8. The number of hydrogen-bond acceptors (Lipinski definition) is 2. The Morgan fingerprint density at radius 3 is 2.50 bits per heavy atom. The van der Waals surface area contributed by atoms with Crippen molar-refractivity contribution >= 4 is 11.6 Å². The molecule has 0 bridgehead atoms. The van der Waals surface area contributed by atoms with Crippen molar-refractivity contribution in [3.8, 4) is 0 Å². The van der Waals surface area contributed by atoms with Crippen molar-refractivity contribution in [1.82, 2.24) is 0 Å². The lowest BCUT2D eigenvalue weighted by Crippen LogP contribution is -1.93. The zero-order valence-electron chi connectivity index (χ0n) is 9.48. The standard InChI is InChI=1S/C14H16O2/c1-12(15)8-4-2-7-11-14(16)13-9-5-3-6-10-13/h3,5-7,9-11H,2,4,8H2,1H3. The highest BCUT2D eigenvalue weighted by Crippen LogP contribution is 2.03. The third-order valence-electron chi connectivity index (χ3n) is 2.23. The van der Waals surface area contributed by atoms with Crippen LogP contribution in [0.25, 0.3) is 0 Å². The number of benzene rings is 1. The molecule has 1 rings (SSSR count). The van der Waals surface area contributed by atoms with Gasteiger partial charge in [0.25, 0.3) is 0 Å². The van der Waals surface area contributed by atoms with Crippen molar-refractivity contribution in [2.75, 3.05) is 0 Å². The van der Waals surface area contributed by atoms with Crippen LogP contribution in [-0.2, 0) is 4.79 Å². The van der Waals surface area contributed by atoms with Gasteiger partial charge in [-0.3, -0.25) is 4.79 Å². The van der Waals surface area contributed by atoms with Gasteiger partial charge in [-0.25, -0.2) is 0 Å². The molecule has 0 unspecified atom stereocenters. The first-order valence-electron chi connectivity index (χ1n) is 5.45. The summed E-state index contributed by atoms with van der Waals surface area (Å²) in [6.07, 6.45) is 5.59. The minimum absolute atomic E-state index is 0.0171. The predicted octanol–water partition coefficient (Wildman–Crippen LogP) is 3.18. The van der Waals surface area contributed by atoms with Gasteiger partial charge in [-0.1, -0.05) is 36.4 Å². The molecule has 16 heavy (non-hydrogen) atoms. The second-order valence-electron chi connectivity index (χ2n) is 3.73. The minimum atomic E-state index is 0.0171. The van der Waals surface area contributed by atoms with Crippen molar-refractivity contribution < 1.29 is 9.59 Å². The van der Waals surface area contributed by atoms with Crippen molar-refractivity contribution in [2.45, 2.75) is 26.2 Å². The molecular weight excluding hydrogens is 200 g/mol. The summed E-state index contributed by atoms with van der Waals surface area (Å²) >= 11 is 0. The number of allylic oxidation sites excluding steroid dienone is 2. The fraction of sp³-hybridized carbons (Fsp3) is 0.286. The topological polar surface area (TPSA) is 34.1 Å². The number of rotatable bonds is 6. The van der Waals surface area contributed by atoms with E-state index in [-0.39, 0.29) is 11.6 Å². The van der Waals surface area contributed by atoms with Gasteiger partial charge in [0.05, 0.1) is 0 Å². The number of carbonyl (C=O) groups excluding carboxylic acids is 2. The Hall–Kier alpha value is -1.70. The molecule has 0 saturated carbocycles. The lowest BCUT2D eigenvalue weighted by atomic mass is 10.1. The molecule has 0 heterocycles. The summed E-state index contributed by atoms with van der Waals surface area (Å²) in [5.41, 5.74) is 0.699. The third kappa shape index (κ3) is 4.69. The van der Waals surface area contributed by atoms with Crippen molar-refractivity contribution in [2.24, 2.45) is 0 Å². The molecule has 0 atom stereocenters. The van der Waals surface area contributed by atoms with Crippen molar-refractivity contribution in [1.29, 1.82) is 0 Å². The number of unbranched alkanes of at least 4 members (excludes halogenated alkanes) is 1. The Balaban J connectivity index is 2.35. The van der Waals surface area contributed by atoms with Gasteiger partial charge in [-0.2, -0.15) is 0 Å². The molecule has 1 aromatic rings. The summed E-state index contributed by atoms with van der Waals surface area (Å²) in [6.45, 7) is 1.58. The first-order valence-corrected chi connectivity index (χ1v) is 5.45. The Morgan fingerprint density at radius 2 is 1.88 bits per heavy atom. The lowest BCUT2D eigenvalue weighted by Gasteiger charge is -1.94. The van der Waals surface area contributed by atoms with E-state index in [1.165, 1.54) is 0 Å². The van der Waals surface area contributed by atoms with Crippen LogP contribution < -0.4 is 0 Å². The van der Waals surface area contributed by atoms with E-state index >= 15 is 0 Å². The SMILES string of the molecule is CC(=O)CCCC=CC(=O)c1ccccc1. The number of ketones is 2. The average molecular weight is 216 g/mol. The summed E-state index contributed by atoms with van der Waals surface area (Å²) in [7, 11) is 0. The van der Waals surface area contributed by atoms with Crippen LogP contribution in [-0.4, -0.2) is 11.6 Å². The Morgan fingerprint density at radius 1 is 1.19 bits per heavy atom. The fourth-order valence-corrected chi connectivity index (χ4v) is 1.36. The van der Waals surface area contributed by atoms with Crippen LogP contribution in [0.1, 0.15) is 36.5 Å². The maximum absolute atomic E-state index is 11.6. The Kier molecular flexibility index (Phi) is 5.20. The second-order valence-corrected chi connectivity index (χ2v) is 3.73. The van der Waals surface area contributed by atoms with Crippen LogP contribution in [0.4, 0.5) is 0 Å². The summed E-state index contributed by atoms with van der Waals surface area (Å²) < 4.78 is 0. The molecule has 0 aliphatic rings. The zero-order valence-corrected chi connectivity index (χ0v) is 9.48. The van der Waals surface area contributed by atoms with Crippen LogP contribution in [0.3, 0.4) is 0 Å². The molecule has 2 nitrogen and oxygen atoms in total. The van der Waals surface area contributed by atoms with Crippen LogP contribution >= 0.6 is 0 Å². The number of hydrogen-bond donors (Lipinski definition) is 0. The van der Waals surface area contributed by atoms with E-state index in [0.29, 0.717) is 12.0 Å². The molecule has 0 radical (unpaired) electrons. The molecule has 0 fully saturated rings. The summed E-state index contributed by atoms with van der Waals surface area (Å²) in [4.78, 5) is 22.3. The second kappa shape index (κ2) is 6.72. The molecule has 0 spiro atoms. The fourth-order valence-electron chi connectivity index (χ4n) is 1.36. The molecule has 0 aromatic heterocycles. The lowest BCUT2D eigenvalue weighted by molar-refractivity contribution is -0.117. The van der Waals surface area contributed by atoms with E-state index in [1.54, 1.807) is 25.1 Å². The maximum Gasteiger partial charge on any atom is 0.185 e. The number of carbonyl (C=O) groups is 2. The normalized spacial score (nSPS) is 10.6. The summed E-state index contributed by atoms with van der Waals surface area (Å²) in [5.74, 6) is 0.214. The highest BCUT2D eigenvalue weighted by atomic mass is 16.1. The quantitative estimate of drug-likeness (QED) is 0.416. The molecule has 1 aromatic carbocycles. The molecule has 0 N–H and O–H groups in total. The Labute approximate surface area is 96.0 Å². The van der Waals surface area contributed by atoms with E-state index in [2.05, 4.69) is 0 Å². The molecular formula is C14H16O2. The molecule has 84 valence electrons. The van der Waals surface area contributed by atoms with Gasteiger partial charge in [0.1, 0.15) is 5.78 Å². The molecule has 0 aliphatic carbocycles. The summed E-state index contributed by atoms with van der Waals surface area (Å²) in [5, 5.41) is 0. The average Bonchev–Trinajstić information content (AvgIpc) is 2.29. The largest absolute Gasteiger partial charge is 0.300 e. The molecule has 2 heteroatoms. The van der Waals surface area contributed by atoms with Crippen LogP contribution in [0.5, 0.6) is 0 Å². The maximum atomic E-state index is 11.6. The van der Waals surface area contributed by atoms with Gasteiger partial charge in [-0.15, -0.1) is 0 Å². The Bertz CT molecular complexity index is 377. The minimum Gasteiger partial charge on any atom is -0.300 e. The third-order valence-corrected chi connectivity index (χ3v) is 2.23. The number of Topliss-reactive ketones (excluding diaryl/α,β-unsaturated/α-hetero) is 1. The first kappa shape index (κ1) is 12.4. The van der Waals surface area contributed by atoms with E-state index in [4.69, 9.17) is 0 Å². The van der Waals surface area contributed by atoms with Gasteiger partial charge in [0, 0.05) is 12.0 Å². The van der Waals surface area contributed by atoms with Crippen molar-refractivity contribution in [3.05, 3.63) is 48.0 Å². The van der Waals surface area contributed by atoms with Gasteiger partial charge < -0.3 is 4.79 Å². The van der Waals surface area contributed by atoms with E-state index in [0.717, 1.165) is 12.8 Å². The van der Waals surface area contributed by atoms with Crippen LogP contribution in [0.2, 0.25) is 0 Å². The highest BCUT2D eigenvalue weighted by Gasteiger charge is 1.98. The van der Waals surface area contributed by atoms with Gasteiger partial charge >= 0.3 is 0 Å². The monoisotopic (exact) mass is 216 g/mol. The molecule has 0 aliphatic heterocycles. The first-order chi connectivity index (χ1) is 7.70. The van der Waals surface area contributed by atoms with E-state index < -0.39 is 0 Å². The van der Waals surface area contributed by atoms with Gasteiger partial charge in [-0.05, 0) is 25.8 Å². The van der Waals surface area contributed by atoms with Crippen LogP contribution in [0, 0.1) is 0 Å². The van der Waals surface area contributed by atoms with Crippen molar-refractivity contribution in [3.63, 3.8) is 0 Å². The predicted molar refractivity (Wildman–Crippen MR) is 64.4 cm³/mol. The summed E-state index contributed by atoms with van der Waals surface area (Å²) in [6, 6.07) is 9.16. The highest BCUT2D eigenvalue weighted by molar-refractivity contribution is 6.04. The van der Waals surface area contributed by atoms with E-state index in [1.807, 2.05) is 24.3 Å². The smallest absolute Gasteiger partial charge is 0.185 e. The van der Waals surface area contributed by atoms with Crippen LogP contribution in [0.15, 0.2) is 42.5 Å². The molecule has 0 saturated heterocycles. The van der Waals surface area contributed by atoms with Gasteiger partial charge in [0.2, 0.25) is 0 Å².